The van der Waals surface area contributed by atoms with E-state index in [9.17, 15) is 4.79 Å². The standard InChI is InChI=1S/C16H21NO2/c1-4-19-16(18)14-13(10(2)3)9-11-7-5-6-8-12(11)15(14)17/h5-8,10,13-14,17H,4,9H2,1-3H3/t13-,14-/m0/s1. The molecule has 2 atom stereocenters. The number of hydrogen-bond donors (Lipinski definition) is 1. The minimum atomic E-state index is -0.421. The lowest BCUT2D eigenvalue weighted by atomic mass is 9.70. The van der Waals surface area contributed by atoms with Crippen LogP contribution < -0.4 is 0 Å². The molecule has 0 saturated carbocycles. The predicted octanol–water partition coefficient (Wildman–Crippen LogP) is 3.06. The van der Waals surface area contributed by atoms with Crippen molar-refractivity contribution in [3.63, 3.8) is 0 Å². The van der Waals surface area contributed by atoms with E-state index >= 15 is 0 Å². The van der Waals surface area contributed by atoms with E-state index in [0.29, 0.717) is 18.2 Å². The average molecular weight is 259 g/mol. The van der Waals surface area contributed by atoms with Crippen LogP contribution in [0.15, 0.2) is 24.3 Å². The molecule has 3 nitrogen and oxygen atoms in total. The van der Waals surface area contributed by atoms with E-state index in [4.69, 9.17) is 10.1 Å². The van der Waals surface area contributed by atoms with E-state index in [-0.39, 0.29) is 11.9 Å². The Bertz CT molecular complexity index is 493. The lowest BCUT2D eigenvalue weighted by molar-refractivity contribution is -0.147. The summed E-state index contributed by atoms with van der Waals surface area (Å²) in [5.74, 6) is -0.167. The molecule has 1 aromatic carbocycles. The number of esters is 1. The third-order valence-electron chi connectivity index (χ3n) is 3.90. The van der Waals surface area contributed by atoms with Gasteiger partial charge in [0.1, 0.15) is 5.92 Å². The molecule has 0 spiro atoms. The number of ether oxygens (including phenoxy) is 1. The highest BCUT2D eigenvalue weighted by Crippen LogP contribution is 2.35. The van der Waals surface area contributed by atoms with Crippen LogP contribution in [0.1, 0.15) is 31.9 Å². The smallest absolute Gasteiger partial charge is 0.315 e. The lowest BCUT2D eigenvalue weighted by Crippen LogP contribution is -2.40. The van der Waals surface area contributed by atoms with Gasteiger partial charge in [-0.2, -0.15) is 0 Å². The first-order valence-corrected chi connectivity index (χ1v) is 6.89. The monoisotopic (exact) mass is 259 g/mol. The van der Waals surface area contributed by atoms with Crippen LogP contribution in [-0.2, 0) is 16.0 Å². The van der Waals surface area contributed by atoms with Crippen molar-refractivity contribution < 1.29 is 9.53 Å². The van der Waals surface area contributed by atoms with Crippen molar-refractivity contribution in [1.29, 1.82) is 5.41 Å². The molecule has 1 aromatic rings. The summed E-state index contributed by atoms with van der Waals surface area (Å²) < 4.78 is 5.17. The first-order valence-electron chi connectivity index (χ1n) is 6.89. The second-order valence-corrected chi connectivity index (χ2v) is 5.41. The minimum absolute atomic E-state index is 0.154. The molecule has 0 fully saturated rings. The molecule has 0 amide bonds. The van der Waals surface area contributed by atoms with Gasteiger partial charge in [-0.3, -0.25) is 4.79 Å². The van der Waals surface area contributed by atoms with Crippen LogP contribution in [0.5, 0.6) is 0 Å². The topological polar surface area (TPSA) is 50.2 Å². The Morgan fingerprint density at radius 2 is 2.11 bits per heavy atom. The predicted molar refractivity (Wildman–Crippen MR) is 75.4 cm³/mol. The maximum absolute atomic E-state index is 12.2. The number of rotatable bonds is 3. The number of nitrogens with one attached hydrogen (secondary N) is 1. The Morgan fingerprint density at radius 1 is 1.42 bits per heavy atom. The summed E-state index contributed by atoms with van der Waals surface area (Å²) >= 11 is 0. The van der Waals surface area contributed by atoms with Crippen LogP contribution in [-0.4, -0.2) is 18.3 Å². The van der Waals surface area contributed by atoms with Gasteiger partial charge in [0.25, 0.3) is 0 Å². The number of hydrogen-bond acceptors (Lipinski definition) is 3. The van der Waals surface area contributed by atoms with Gasteiger partial charge in [0, 0.05) is 0 Å². The molecule has 102 valence electrons. The number of carbonyl (C=O) groups is 1. The van der Waals surface area contributed by atoms with Crippen molar-refractivity contribution >= 4 is 11.7 Å². The highest BCUT2D eigenvalue weighted by molar-refractivity contribution is 6.12. The Balaban J connectivity index is 2.40. The second kappa shape index (κ2) is 5.55. The molecular weight excluding hydrogens is 238 g/mol. The number of carbonyl (C=O) groups excluding carboxylic acids is 1. The van der Waals surface area contributed by atoms with Gasteiger partial charge < -0.3 is 10.1 Å². The second-order valence-electron chi connectivity index (χ2n) is 5.41. The number of fused-ring (bicyclic) bond motifs is 1. The van der Waals surface area contributed by atoms with Crippen molar-refractivity contribution in [2.45, 2.75) is 27.2 Å². The lowest BCUT2D eigenvalue weighted by Gasteiger charge is -2.34. The van der Waals surface area contributed by atoms with Crippen LogP contribution in [0.25, 0.3) is 0 Å². The zero-order chi connectivity index (χ0) is 14.0. The quantitative estimate of drug-likeness (QED) is 0.848. The van der Waals surface area contributed by atoms with Gasteiger partial charge in [0.05, 0.1) is 12.3 Å². The van der Waals surface area contributed by atoms with Crippen molar-refractivity contribution in [3.05, 3.63) is 35.4 Å². The van der Waals surface area contributed by atoms with Gasteiger partial charge in [0.2, 0.25) is 0 Å². The molecule has 0 saturated heterocycles. The normalized spacial score (nSPS) is 22.2. The van der Waals surface area contributed by atoms with E-state index in [0.717, 1.165) is 12.0 Å². The fourth-order valence-corrected chi connectivity index (χ4v) is 2.86. The van der Waals surface area contributed by atoms with Gasteiger partial charge in [-0.25, -0.2) is 0 Å². The third kappa shape index (κ3) is 2.55. The Labute approximate surface area is 114 Å². The highest BCUT2D eigenvalue weighted by Gasteiger charge is 2.39. The van der Waals surface area contributed by atoms with Crippen LogP contribution in [0.4, 0.5) is 0 Å². The summed E-state index contributed by atoms with van der Waals surface area (Å²) in [5, 5.41) is 8.36. The summed E-state index contributed by atoms with van der Waals surface area (Å²) in [6.45, 7) is 6.40. The Hall–Kier alpha value is -1.64. The van der Waals surface area contributed by atoms with Crippen LogP contribution in [0, 0.1) is 23.2 Å². The van der Waals surface area contributed by atoms with Crippen molar-refractivity contribution in [2.75, 3.05) is 6.61 Å². The van der Waals surface area contributed by atoms with Crippen LogP contribution in [0.2, 0.25) is 0 Å². The Morgan fingerprint density at radius 3 is 2.74 bits per heavy atom. The van der Waals surface area contributed by atoms with Gasteiger partial charge in [0.15, 0.2) is 0 Å². The summed E-state index contributed by atoms with van der Waals surface area (Å²) in [6, 6.07) is 7.90. The molecule has 19 heavy (non-hydrogen) atoms. The summed E-state index contributed by atoms with van der Waals surface area (Å²) in [5.41, 5.74) is 2.49. The fourth-order valence-electron chi connectivity index (χ4n) is 2.86. The molecule has 0 unspecified atom stereocenters. The van der Waals surface area contributed by atoms with E-state index in [2.05, 4.69) is 19.9 Å². The van der Waals surface area contributed by atoms with Gasteiger partial charge in [-0.1, -0.05) is 38.1 Å². The van der Waals surface area contributed by atoms with Gasteiger partial charge in [-0.05, 0) is 36.3 Å². The first kappa shape index (κ1) is 13.8. The molecule has 1 aliphatic carbocycles. The minimum Gasteiger partial charge on any atom is -0.465 e. The maximum Gasteiger partial charge on any atom is 0.315 e. The van der Waals surface area contributed by atoms with Crippen molar-refractivity contribution in [1.82, 2.24) is 0 Å². The van der Waals surface area contributed by atoms with E-state index in [1.807, 2.05) is 25.1 Å². The van der Waals surface area contributed by atoms with Crippen LogP contribution >= 0.6 is 0 Å². The van der Waals surface area contributed by atoms with Gasteiger partial charge in [-0.15, -0.1) is 0 Å². The van der Waals surface area contributed by atoms with E-state index < -0.39 is 5.92 Å². The van der Waals surface area contributed by atoms with E-state index in [1.54, 1.807) is 0 Å². The first-order chi connectivity index (χ1) is 9.06. The summed E-state index contributed by atoms with van der Waals surface area (Å²) in [4.78, 5) is 12.2. The molecule has 2 rings (SSSR count). The summed E-state index contributed by atoms with van der Waals surface area (Å²) in [7, 11) is 0. The SMILES string of the molecule is CCOC(=O)[C@@H]1C(=N)c2ccccc2C[C@H]1C(C)C. The Kier molecular flexibility index (Phi) is 4.03. The average Bonchev–Trinajstić information content (AvgIpc) is 2.38. The summed E-state index contributed by atoms with van der Waals surface area (Å²) in [6.07, 6.45) is 0.847. The fraction of sp³-hybridized carbons (Fsp3) is 0.500. The molecule has 1 N–H and O–H groups in total. The molecule has 0 aromatic heterocycles. The zero-order valence-corrected chi connectivity index (χ0v) is 11.8. The molecule has 1 aliphatic rings. The highest BCUT2D eigenvalue weighted by atomic mass is 16.5. The third-order valence-corrected chi connectivity index (χ3v) is 3.90. The molecule has 0 aliphatic heterocycles. The number of benzene rings is 1. The molecule has 0 radical (unpaired) electrons. The molecule has 3 heteroatoms. The van der Waals surface area contributed by atoms with Crippen LogP contribution in [0.3, 0.4) is 0 Å². The van der Waals surface area contributed by atoms with E-state index in [1.165, 1.54) is 5.56 Å². The van der Waals surface area contributed by atoms with Crippen molar-refractivity contribution in [2.24, 2.45) is 17.8 Å². The largest absolute Gasteiger partial charge is 0.465 e. The van der Waals surface area contributed by atoms with Gasteiger partial charge >= 0.3 is 5.97 Å². The van der Waals surface area contributed by atoms with Crippen molar-refractivity contribution in [3.8, 4) is 0 Å². The molecule has 0 bridgehead atoms. The maximum atomic E-state index is 12.2. The molecule has 0 heterocycles. The zero-order valence-electron chi connectivity index (χ0n) is 11.8. The molecular formula is C16H21NO2.